The molecule has 21 heavy (non-hydrogen) atoms. The normalized spacial score (nSPS) is 24.9. The minimum Gasteiger partial charge on any atom is -0.467 e. The Bertz CT molecular complexity index is 473. The van der Waals surface area contributed by atoms with E-state index in [0.717, 1.165) is 13.0 Å². The number of nitrogens with zero attached hydrogens (tertiary/aromatic N) is 3. The average molecular weight is 297 g/mol. The van der Waals surface area contributed by atoms with Gasteiger partial charge in [-0.1, -0.05) is 6.92 Å². The first-order valence-corrected chi connectivity index (χ1v) is 7.19. The molecule has 2 atom stereocenters. The SMILES string of the molecule is CCCNc1nc(NCC2(O)CCOC2C)nc(OC)n1. The van der Waals surface area contributed by atoms with E-state index in [1.807, 2.05) is 6.92 Å². The third-order valence-corrected chi connectivity index (χ3v) is 3.54. The molecule has 1 aliphatic rings. The minimum absolute atomic E-state index is 0.216. The minimum atomic E-state index is -0.906. The summed E-state index contributed by atoms with van der Waals surface area (Å²) < 4.78 is 10.5. The van der Waals surface area contributed by atoms with Gasteiger partial charge in [-0.15, -0.1) is 0 Å². The van der Waals surface area contributed by atoms with Crippen molar-refractivity contribution in [1.29, 1.82) is 0 Å². The van der Waals surface area contributed by atoms with Crippen LogP contribution in [0.1, 0.15) is 26.7 Å². The van der Waals surface area contributed by atoms with Gasteiger partial charge in [0.2, 0.25) is 11.9 Å². The quantitative estimate of drug-likeness (QED) is 0.674. The molecular formula is C13H23N5O3. The Balaban J connectivity index is 2.04. The zero-order chi connectivity index (χ0) is 15.3. The highest BCUT2D eigenvalue weighted by molar-refractivity contribution is 5.36. The van der Waals surface area contributed by atoms with E-state index in [1.165, 1.54) is 7.11 Å². The molecule has 0 radical (unpaired) electrons. The first-order chi connectivity index (χ1) is 10.1. The van der Waals surface area contributed by atoms with E-state index in [9.17, 15) is 5.11 Å². The molecular weight excluding hydrogens is 274 g/mol. The number of ether oxygens (including phenoxy) is 2. The lowest BCUT2D eigenvalue weighted by Crippen LogP contribution is -2.43. The van der Waals surface area contributed by atoms with Crippen molar-refractivity contribution < 1.29 is 14.6 Å². The van der Waals surface area contributed by atoms with E-state index in [1.54, 1.807) is 0 Å². The lowest BCUT2D eigenvalue weighted by molar-refractivity contribution is -0.0177. The molecule has 0 amide bonds. The van der Waals surface area contributed by atoms with E-state index in [-0.39, 0.29) is 12.1 Å². The van der Waals surface area contributed by atoms with Crippen LogP contribution >= 0.6 is 0 Å². The Morgan fingerprint density at radius 1 is 1.33 bits per heavy atom. The molecule has 1 aromatic heterocycles. The predicted octanol–water partition coefficient (Wildman–Crippen LogP) is 0.654. The molecule has 1 fully saturated rings. The summed E-state index contributed by atoms with van der Waals surface area (Å²) in [5, 5.41) is 16.6. The van der Waals surface area contributed by atoms with Gasteiger partial charge in [-0.05, 0) is 13.3 Å². The summed E-state index contributed by atoms with van der Waals surface area (Å²) in [6, 6.07) is 0.230. The Morgan fingerprint density at radius 3 is 2.62 bits per heavy atom. The van der Waals surface area contributed by atoms with Gasteiger partial charge in [-0.25, -0.2) is 0 Å². The smallest absolute Gasteiger partial charge is 0.322 e. The first-order valence-electron chi connectivity index (χ1n) is 7.19. The lowest BCUT2D eigenvalue weighted by atomic mass is 9.97. The summed E-state index contributed by atoms with van der Waals surface area (Å²) in [4.78, 5) is 12.5. The molecule has 0 bridgehead atoms. The molecule has 3 N–H and O–H groups in total. The molecule has 8 nitrogen and oxygen atoms in total. The Hall–Kier alpha value is -1.67. The second-order valence-electron chi connectivity index (χ2n) is 5.12. The zero-order valence-corrected chi connectivity index (χ0v) is 12.7. The summed E-state index contributed by atoms with van der Waals surface area (Å²) in [5.74, 6) is 0.821. The zero-order valence-electron chi connectivity index (χ0n) is 12.7. The fourth-order valence-corrected chi connectivity index (χ4v) is 2.08. The number of aliphatic hydroxyl groups is 1. The number of rotatable bonds is 7. The summed E-state index contributed by atoms with van der Waals surface area (Å²) in [7, 11) is 1.50. The second-order valence-corrected chi connectivity index (χ2v) is 5.12. The van der Waals surface area contributed by atoms with Crippen LogP contribution in [-0.4, -0.2) is 58.6 Å². The van der Waals surface area contributed by atoms with Crippen LogP contribution in [0.15, 0.2) is 0 Å². The number of hydrogen-bond donors (Lipinski definition) is 3. The number of nitrogens with one attached hydrogen (secondary N) is 2. The van der Waals surface area contributed by atoms with E-state index in [2.05, 4.69) is 32.5 Å². The van der Waals surface area contributed by atoms with Crippen LogP contribution in [-0.2, 0) is 4.74 Å². The standard InChI is InChI=1S/C13H23N5O3/c1-4-6-14-10-16-11(18-12(17-10)20-3)15-8-13(19)5-7-21-9(13)2/h9,19H,4-8H2,1-3H3,(H2,14,15,16,17,18). The third-order valence-electron chi connectivity index (χ3n) is 3.54. The molecule has 118 valence electrons. The van der Waals surface area contributed by atoms with Crippen LogP contribution in [0, 0.1) is 0 Å². The molecule has 2 rings (SSSR count). The molecule has 8 heteroatoms. The van der Waals surface area contributed by atoms with E-state index >= 15 is 0 Å². The molecule has 2 unspecified atom stereocenters. The lowest BCUT2D eigenvalue weighted by Gasteiger charge is -2.26. The maximum Gasteiger partial charge on any atom is 0.322 e. The van der Waals surface area contributed by atoms with E-state index in [4.69, 9.17) is 9.47 Å². The summed E-state index contributed by atoms with van der Waals surface area (Å²) in [6.45, 7) is 5.55. The van der Waals surface area contributed by atoms with Crippen molar-refractivity contribution in [2.75, 3.05) is 37.4 Å². The fourth-order valence-electron chi connectivity index (χ4n) is 2.08. The first kappa shape index (κ1) is 15.7. The Morgan fingerprint density at radius 2 is 2.05 bits per heavy atom. The summed E-state index contributed by atoms with van der Waals surface area (Å²) in [6.07, 6.45) is 1.34. The maximum atomic E-state index is 10.5. The molecule has 1 saturated heterocycles. The van der Waals surface area contributed by atoms with Gasteiger partial charge in [0.1, 0.15) is 5.60 Å². The number of hydrogen-bond acceptors (Lipinski definition) is 8. The van der Waals surface area contributed by atoms with Crippen molar-refractivity contribution in [3.63, 3.8) is 0 Å². The molecule has 0 spiro atoms. The number of methoxy groups -OCH3 is 1. The largest absolute Gasteiger partial charge is 0.467 e. The second kappa shape index (κ2) is 6.86. The van der Waals surface area contributed by atoms with E-state index < -0.39 is 5.60 Å². The number of aromatic nitrogens is 3. The molecule has 0 aromatic carbocycles. The van der Waals surface area contributed by atoms with Crippen molar-refractivity contribution in [3.8, 4) is 6.01 Å². The highest BCUT2D eigenvalue weighted by Crippen LogP contribution is 2.25. The Labute approximate surface area is 124 Å². The Kier molecular flexibility index (Phi) is 5.13. The van der Waals surface area contributed by atoms with Crippen LogP contribution in [0.5, 0.6) is 6.01 Å². The van der Waals surface area contributed by atoms with E-state index in [0.29, 0.717) is 31.5 Å². The predicted molar refractivity (Wildman–Crippen MR) is 78.6 cm³/mol. The van der Waals surface area contributed by atoms with Crippen LogP contribution in [0.25, 0.3) is 0 Å². The van der Waals surface area contributed by atoms with Crippen molar-refractivity contribution in [2.24, 2.45) is 0 Å². The molecule has 2 heterocycles. The molecule has 1 aliphatic heterocycles. The van der Waals surface area contributed by atoms with Crippen molar-refractivity contribution in [1.82, 2.24) is 15.0 Å². The fraction of sp³-hybridized carbons (Fsp3) is 0.769. The van der Waals surface area contributed by atoms with Crippen LogP contribution in [0.2, 0.25) is 0 Å². The third kappa shape index (κ3) is 3.92. The van der Waals surface area contributed by atoms with Gasteiger partial charge >= 0.3 is 6.01 Å². The van der Waals surface area contributed by atoms with Gasteiger partial charge in [0, 0.05) is 26.1 Å². The highest BCUT2D eigenvalue weighted by atomic mass is 16.5. The molecule has 0 saturated carbocycles. The van der Waals surface area contributed by atoms with Crippen LogP contribution in [0.3, 0.4) is 0 Å². The van der Waals surface area contributed by atoms with Gasteiger partial charge in [-0.2, -0.15) is 15.0 Å². The topological polar surface area (TPSA) is 101 Å². The highest BCUT2D eigenvalue weighted by Gasteiger charge is 2.39. The van der Waals surface area contributed by atoms with Gasteiger partial charge in [0.05, 0.1) is 13.2 Å². The average Bonchev–Trinajstić information content (AvgIpc) is 2.83. The molecule has 1 aromatic rings. The number of anilines is 2. The van der Waals surface area contributed by atoms with Crippen molar-refractivity contribution in [2.45, 2.75) is 38.4 Å². The summed E-state index contributed by atoms with van der Waals surface area (Å²) in [5.41, 5.74) is -0.906. The van der Waals surface area contributed by atoms with Gasteiger partial charge < -0.3 is 25.2 Å². The van der Waals surface area contributed by atoms with Crippen molar-refractivity contribution >= 4 is 11.9 Å². The monoisotopic (exact) mass is 297 g/mol. The van der Waals surface area contributed by atoms with Crippen LogP contribution in [0.4, 0.5) is 11.9 Å². The summed E-state index contributed by atoms with van der Waals surface area (Å²) >= 11 is 0. The maximum absolute atomic E-state index is 10.5. The van der Waals surface area contributed by atoms with Gasteiger partial charge in [-0.3, -0.25) is 0 Å². The van der Waals surface area contributed by atoms with Crippen LogP contribution < -0.4 is 15.4 Å². The van der Waals surface area contributed by atoms with Gasteiger partial charge in [0.25, 0.3) is 0 Å². The van der Waals surface area contributed by atoms with Gasteiger partial charge in [0.15, 0.2) is 0 Å². The van der Waals surface area contributed by atoms with Crippen molar-refractivity contribution in [3.05, 3.63) is 0 Å². The molecule has 0 aliphatic carbocycles.